The van der Waals surface area contributed by atoms with E-state index in [4.69, 9.17) is 17.2 Å². The molecule has 6 N–H and O–H groups in total. The minimum Gasteiger partial charge on any atom is -0.399 e. The van der Waals surface area contributed by atoms with E-state index in [1.54, 1.807) is 18.3 Å². The molecule has 0 atom stereocenters. The SMILES string of the molecule is Nc1ccn2cc(C(F)(F)F)nc2c1.Nc1ccnc(N)c1. The van der Waals surface area contributed by atoms with Crippen LogP contribution in [0.4, 0.5) is 30.4 Å². The van der Waals surface area contributed by atoms with E-state index in [0.29, 0.717) is 17.2 Å². The number of aromatic nitrogens is 3. The fourth-order valence-electron chi connectivity index (χ4n) is 1.60. The molecule has 0 saturated heterocycles. The summed E-state index contributed by atoms with van der Waals surface area (Å²) >= 11 is 0. The van der Waals surface area contributed by atoms with Crippen molar-refractivity contribution in [1.29, 1.82) is 0 Å². The Balaban J connectivity index is 0.000000188. The van der Waals surface area contributed by atoms with Gasteiger partial charge in [-0.2, -0.15) is 13.2 Å². The molecule has 3 rings (SSSR count). The summed E-state index contributed by atoms with van der Waals surface area (Å²) in [6.07, 6.45) is -0.479. The minimum atomic E-state index is -4.42. The molecule has 0 bridgehead atoms. The molecule has 0 spiro atoms. The second-order valence-electron chi connectivity index (χ2n) is 4.36. The highest BCUT2D eigenvalue weighted by molar-refractivity contribution is 5.52. The van der Waals surface area contributed by atoms with Gasteiger partial charge in [-0.1, -0.05) is 0 Å². The molecule has 9 heteroatoms. The maximum Gasteiger partial charge on any atom is 0.434 e. The maximum atomic E-state index is 12.2. The molecular weight excluding hydrogens is 297 g/mol. The van der Waals surface area contributed by atoms with Crippen LogP contribution in [0.25, 0.3) is 5.65 Å². The van der Waals surface area contributed by atoms with Gasteiger partial charge in [-0.3, -0.25) is 0 Å². The van der Waals surface area contributed by atoms with Crippen LogP contribution in [-0.2, 0) is 6.18 Å². The summed E-state index contributed by atoms with van der Waals surface area (Å²) in [5.41, 5.74) is 16.3. The summed E-state index contributed by atoms with van der Waals surface area (Å²) in [5, 5.41) is 0. The molecule has 3 heterocycles. The van der Waals surface area contributed by atoms with Gasteiger partial charge < -0.3 is 21.6 Å². The Labute approximate surface area is 123 Å². The van der Waals surface area contributed by atoms with Crippen molar-refractivity contribution < 1.29 is 13.2 Å². The smallest absolute Gasteiger partial charge is 0.399 e. The number of pyridine rings is 2. The number of alkyl halides is 3. The quantitative estimate of drug-likeness (QED) is 0.590. The number of anilines is 3. The Morgan fingerprint density at radius 3 is 2.23 bits per heavy atom. The van der Waals surface area contributed by atoms with Gasteiger partial charge in [0, 0.05) is 42.1 Å². The molecule has 3 aromatic rings. The summed E-state index contributed by atoms with van der Waals surface area (Å²) in [7, 11) is 0. The molecular formula is C13H13F3N6. The van der Waals surface area contributed by atoms with Crippen LogP contribution < -0.4 is 17.2 Å². The Hall–Kier alpha value is -2.97. The van der Waals surface area contributed by atoms with Gasteiger partial charge in [-0.05, 0) is 12.1 Å². The second-order valence-corrected chi connectivity index (χ2v) is 4.36. The lowest BCUT2D eigenvalue weighted by Crippen LogP contribution is -2.04. The summed E-state index contributed by atoms with van der Waals surface area (Å²) in [6.45, 7) is 0. The third-order valence-electron chi connectivity index (χ3n) is 2.58. The summed E-state index contributed by atoms with van der Waals surface area (Å²) < 4.78 is 37.9. The molecule has 0 aliphatic rings. The maximum absolute atomic E-state index is 12.2. The third kappa shape index (κ3) is 3.78. The average Bonchev–Trinajstić information content (AvgIpc) is 2.82. The lowest BCUT2D eigenvalue weighted by atomic mass is 10.4. The lowest BCUT2D eigenvalue weighted by Gasteiger charge is -1.98. The molecule has 3 aromatic heterocycles. The highest BCUT2D eigenvalue weighted by Gasteiger charge is 2.33. The zero-order valence-corrected chi connectivity index (χ0v) is 11.2. The van der Waals surface area contributed by atoms with Crippen molar-refractivity contribution in [2.24, 2.45) is 0 Å². The summed E-state index contributed by atoms with van der Waals surface area (Å²) in [6, 6.07) is 6.19. The molecule has 22 heavy (non-hydrogen) atoms. The predicted molar refractivity (Wildman–Crippen MR) is 77.7 cm³/mol. The van der Waals surface area contributed by atoms with Gasteiger partial charge in [0.1, 0.15) is 11.5 Å². The van der Waals surface area contributed by atoms with E-state index in [0.717, 1.165) is 6.20 Å². The Morgan fingerprint density at radius 2 is 1.68 bits per heavy atom. The highest BCUT2D eigenvalue weighted by Crippen LogP contribution is 2.28. The van der Waals surface area contributed by atoms with Crippen molar-refractivity contribution in [3.05, 3.63) is 48.5 Å². The van der Waals surface area contributed by atoms with Gasteiger partial charge in [-0.15, -0.1) is 0 Å². The van der Waals surface area contributed by atoms with E-state index in [9.17, 15) is 13.2 Å². The zero-order chi connectivity index (χ0) is 16.3. The van der Waals surface area contributed by atoms with E-state index < -0.39 is 11.9 Å². The normalized spacial score (nSPS) is 11.0. The molecule has 0 unspecified atom stereocenters. The fraction of sp³-hybridized carbons (Fsp3) is 0.0769. The number of nitrogens with zero attached hydrogens (tertiary/aromatic N) is 3. The molecule has 0 saturated carbocycles. The van der Waals surface area contributed by atoms with E-state index in [1.165, 1.54) is 22.7 Å². The van der Waals surface area contributed by atoms with Crippen LogP contribution in [0, 0.1) is 0 Å². The standard InChI is InChI=1S/C8H6F3N3.C5H7N3/c9-8(10,11)6-4-14-2-1-5(12)3-7(14)13-6;6-4-1-2-8-5(7)3-4/h1-4H,12H2;1-3H,(H4,6,7,8). The number of rotatable bonds is 0. The van der Waals surface area contributed by atoms with Crippen LogP contribution in [0.3, 0.4) is 0 Å². The monoisotopic (exact) mass is 310 g/mol. The van der Waals surface area contributed by atoms with Crippen LogP contribution in [0.15, 0.2) is 42.9 Å². The van der Waals surface area contributed by atoms with Crippen molar-refractivity contribution in [3.63, 3.8) is 0 Å². The summed E-state index contributed by atoms with van der Waals surface area (Å²) in [5.74, 6) is 0.463. The van der Waals surface area contributed by atoms with Gasteiger partial charge >= 0.3 is 6.18 Å². The van der Waals surface area contributed by atoms with Crippen LogP contribution in [0.2, 0.25) is 0 Å². The molecule has 6 nitrogen and oxygen atoms in total. The lowest BCUT2D eigenvalue weighted by molar-refractivity contribution is -0.140. The molecule has 0 radical (unpaired) electrons. The van der Waals surface area contributed by atoms with Crippen LogP contribution in [-0.4, -0.2) is 14.4 Å². The average molecular weight is 310 g/mol. The highest BCUT2D eigenvalue weighted by atomic mass is 19.4. The Bertz CT molecular complexity index is 764. The molecule has 0 aromatic carbocycles. The van der Waals surface area contributed by atoms with E-state index in [-0.39, 0.29) is 5.65 Å². The van der Waals surface area contributed by atoms with Gasteiger partial charge in [0.25, 0.3) is 0 Å². The van der Waals surface area contributed by atoms with Crippen LogP contribution in [0.5, 0.6) is 0 Å². The molecule has 0 amide bonds. The van der Waals surface area contributed by atoms with Crippen molar-refractivity contribution in [2.45, 2.75) is 6.18 Å². The number of hydrogen-bond donors (Lipinski definition) is 3. The Morgan fingerprint density at radius 1 is 1.00 bits per heavy atom. The number of imidazole rings is 1. The van der Waals surface area contributed by atoms with Crippen molar-refractivity contribution in [2.75, 3.05) is 17.2 Å². The number of halogens is 3. The number of hydrogen-bond acceptors (Lipinski definition) is 5. The van der Waals surface area contributed by atoms with Gasteiger partial charge in [-0.25, -0.2) is 9.97 Å². The largest absolute Gasteiger partial charge is 0.434 e. The molecule has 0 aliphatic carbocycles. The second kappa shape index (κ2) is 5.80. The van der Waals surface area contributed by atoms with Crippen molar-refractivity contribution >= 4 is 22.8 Å². The van der Waals surface area contributed by atoms with E-state index in [1.807, 2.05) is 0 Å². The first-order valence-electron chi connectivity index (χ1n) is 6.04. The third-order valence-corrected chi connectivity index (χ3v) is 2.58. The van der Waals surface area contributed by atoms with Crippen LogP contribution in [0.1, 0.15) is 5.69 Å². The van der Waals surface area contributed by atoms with Gasteiger partial charge in [0.05, 0.1) is 0 Å². The van der Waals surface area contributed by atoms with Gasteiger partial charge in [0.2, 0.25) is 0 Å². The molecule has 0 aliphatic heterocycles. The van der Waals surface area contributed by atoms with Gasteiger partial charge in [0.15, 0.2) is 5.69 Å². The first-order valence-corrected chi connectivity index (χ1v) is 6.04. The number of nitrogens with two attached hydrogens (primary N) is 3. The fourth-order valence-corrected chi connectivity index (χ4v) is 1.60. The predicted octanol–water partition coefficient (Wildman–Crippen LogP) is 2.18. The van der Waals surface area contributed by atoms with Crippen molar-refractivity contribution in [1.82, 2.24) is 14.4 Å². The van der Waals surface area contributed by atoms with E-state index in [2.05, 4.69) is 9.97 Å². The first-order chi connectivity index (χ1) is 10.3. The summed E-state index contributed by atoms with van der Waals surface area (Å²) in [4.78, 5) is 7.14. The number of fused-ring (bicyclic) bond motifs is 1. The Kier molecular flexibility index (Phi) is 4.06. The zero-order valence-electron chi connectivity index (χ0n) is 11.2. The molecule has 116 valence electrons. The molecule has 0 fully saturated rings. The first kappa shape index (κ1) is 15.4. The van der Waals surface area contributed by atoms with E-state index >= 15 is 0 Å². The van der Waals surface area contributed by atoms with Crippen molar-refractivity contribution in [3.8, 4) is 0 Å². The number of nitrogen functional groups attached to an aromatic ring is 3. The topological polar surface area (TPSA) is 108 Å². The van der Waals surface area contributed by atoms with Crippen LogP contribution >= 0.6 is 0 Å². The minimum absolute atomic E-state index is 0.192.